The van der Waals surface area contributed by atoms with Crippen molar-refractivity contribution in [3.63, 3.8) is 0 Å². The molecule has 18 heavy (non-hydrogen) atoms. The van der Waals surface area contributed by atoms with Crippen LogP contribution < -0.4 is 11.1 Å². The molecule has 1 aromatic carbocycles. The van der Waals surface area contributed by atoms with Crippen LogP contribution >= 0.6 is 0 Å². The topological polar surface area (TPSA) is 83.8 Å². The van der Waals surface area contributed by atoms with Gasteiger partial charge in [-0.25, -0.2) is 0 Å². The van der Waals surface area contributed by atoms with Crippen LogP contribution in [0.3, 0.4) is 0 Å². The van der Waals surface area contributed by atoms with E-state index in [1.165, 1.54) is 0 Å². The largest absolute Gasteiger partial charge is 0.324 e. The van der Waals surface area contributed by atoms with Crippen molar-refractivity contribution >= 4 is 22.5 Å². The second-order valence-electron chi connectivity index (χ2n) is 5.47. The lowest BCUT2D eigenvalue weighted by molar-refractivity contribution is -0.119. The highest BCUT2D eigenvalue weighted by molar-refractivity contribution is 6.02. The summed E-state index contributed by atoms with van der Waals surface area (Å²) in [5.74, 6) is -0.184. The Bertz CT molecular complexity index is 568. The SMILES string of the molecule is CC(C)(C)C(N)C(=O)Nc1cccc2[nH]ncc12. The fourth-order valence-electron chi connectivity index (χ4n) is 1.68. The van der Waals surface area contributed by atoms with E-state index in [-0.39, 0.29) is 11.3 Å². The van der Waals surface area contributed by atoms with Gasteiger partial charge in [-0.05, 0) is 17.5 Å². The van der Waals surface area contributed by atoms with Crippen LogP contribution in [0.15, 0.2) is 24.4 Å². The molecule has 0 aliphatic carbocycles. The van der Waals surface area contributed by atoms with E-state index >= 15 is 0 Å². The summed E-state index contributed by atoms with van der Waals surface area (Å²) in [5.41, 5.74) is 7.27. The lowest BCUT2D eigenvalue weighted by Crippen LogP contribution is -2.45. The van der Waals surface area contributed by atoms with Crippen LogP contribution in [0.2, 0.25) is 0 Å². The van der Waals surface area contributed by atoms with Crippen molar-refractivity contribution < 1.29 is 4.79 Å². The van der Waals surface area contributed by atoms with Gasteiger partial charge in [-0.1, -0.05) is 26.8 Å². The zero-order valence-corrected chi connectivity index (χ0v) is 10.8. The first kappa shape index (κ1) is 12.6. The van der Waals surface area contributed by atoms with Crippen molar-refractivity contribution in [2.75, 3.05) is 5.32 Å². The van der Waals surface area contributed by atoms with E-state index in [0.29, 0.717) is 0 Å². The van der Waals surface area contributed by atoms with Gasteiger partial charge in [0.25, 0.3) is 0 Å². The minimum absolute atomic E-state index is 0.184. The first-order valence-corrected chi connectivity index (χ1v) is 5.88. The van der Waals surface area contributed by atoms with E-state index in [1.54, 1.807) is 6.20 Å². The first-order valence-electron chi connectivity index (χ1n) is 5.88. The third kappa shape index (κ3) is 2.36. The lowest BCUT2D eigenvalue weighted by atomic mass is 9.87. The first-order chi connectivity index (χ1) is 8.39. The van der Waals surface area contributed by atoms with Gasteiger partial charge >= 0.3 is 0 Å². The van der Waals surface area contributed by atoms with Crippen molar-refractivity contribution in [2.45, 2.75) is 26.8 Å². The minimum atomic E-state index is -0.556. The van der Waals surface area contributed by atoms with Gasteiger partial charge in [0.1, 0.15) is 0 Å². The number of aromatic nitrogens is 2. The van der Waals surface area contributed by atoms with Crippen molar-refractivity contribution in [3.8, 4) is 0 Å². The van der Waals surface area contributed by atoms with Gasteiger partial charge in [0.15, 0.2) is 0 Å². The Morgan fingerprint density at radius 1 is 1.44 bits per heavy atom. The monoisotopic (exact) mass is 246 g/mol. The standard InChI is InChI=1S/C13H18N4O/c1-13(2,3)11(14)12(18)16-9-5-4-6-10-8(9)7-15-17-10/h4-7,11H,14H2,1-3H3,(H,15,17)(H,16,18). The van der Waals surface area contributed by atoms with Crippen LogP contribution in [0, 0.1) is 5.41 Å². The summed E-state index contributed by atoms with van der Waals surface area (Å²) in [4.78, 5) is 12.1. The van der Waals surface area contributed by atoms with E-state index in [0.717, 1.165) is 16.6 Å². The molecule has 0 saturated carbocycles. The summed E-state index contributed by atoms with van der Waals surface area (Å²) in [6, 6.07) is 5.05. The fourth-order valence-corrected chi connectivity index (χ4v) is 1.68. The van der Waals surface area contributed by atoms with E-state index in [1.807, 2.05) is 39.0 Å². The molecular weight excluding hydrogens is 228 g/mol. The molecule has 0 spiro atoms. The Hall–Kier alpha value is -1.88. The van der Waals surface area contributed by atoms with Crippen LogP contribution in [-0.2, 0) is 4.79 Å². The molecule has 1 heterocycles. The molecule has 2 aromatic rings. The molecule has 5 heteroatoms. The number of nitrogens with one attached hydrogen (secondary N) is 2. The number of fused-ring (bicyclic) bond motifs is 1. The minimum Gasteiger partial charge on any atom is -0.324 e. The molecule has 0 fully saturated rings. The Morgan fingerprint density at radius 2 is 2.17 bits per heavy atom. The molecule has 96 valence electrons. The van der Waals surface area contributed by atoms with Gasteiger partial charge in [-0.15, -0.1) is 0 Å². The maximum atomic E-state index is 12.1. The zero-order chi connectivity index (χ0) is 13.3. The molecule has 0 aliphatic rings. The third-order valence-electron chi connectivity index (χ3n) is 2.96. The second kappa shape index (κ2) is 4.42. The summed E-state index contributed by atoms with van der Waals surface area (Å²) in [6.07, 6.45) is 1.69. The Balaban J connectivity index is 2.24. The zero-order valence-electron chi connectivity index (χ0n) is 10.8. The molecule has 2 rings (SSSR count). The predicted octanol–water partition coefficient (Wildman–Crippen LogP) is 1.87. The number of nitrogens with two attached hydrogens (primary N) is 1. The van der Waals surface area contributed by atoms with Crippen LogP contribution in [0.25, 0.3) is 10.9 Å². The molecule has 5 nitrogen and oxygen atoms in total. The molecule has 0 aliphatic heterocycles. The lowest BCUT2D eigenvalue weighted by Gasteiger charge is -2.25. The van der Waals surface area contributed by atoms with E-state index in [2.05, 4.69) is 15.5 Å². The summed E-state index contributed by atoms with van der Waals surface area (Å²) < 4.78 is 0. The van der Waals surface area contributed by atoms with Gasteiger partial charge in [-0.2, -0.15) is 5.10 Å². The molecule has 1 aromatic heterocycles. The van der Waals surface area contributed by atoms with Crippen LogP contribution in [-0.4, -0.2) is 22.1 Å². The summed E-state index contributed by atoms with van der Waals surface area (Å²) in [7, 11) is 0. The van der Waals surface area contributed by atoms with Gasteiger partial charge in [0, 0.05) is 5.39 Å². The highest BCUT2D eigenvalue weighted by Crippen LogP contribution is 2.23. The maximum Gasteiger partial charge on any atom is 0.241 e. The maximum absolute atomic E-state index is 12.1. The molecule has 0 saturated heterocycles. The molecule has 1 atom stereocenters. The molecule has 1 amide bonds. The van der Waals surface area contributed by atoms with Gasteiger partial charge in [0.05, 0.1) is 23.4 Å². The molecular formula is C13H18N4O. The number of H-pyrrole nitrogens is 1. The van der Waals surface area contributed by atoms with Crippen molar-refractivity contribution in [1.29, 1.82) is 0 Å². The van der Waals surface area contributed by atoms with E-state index < -0.39 is 6.04 Å². The number of rotatable bonds is 2. The summed E-state index contributed by atoms with van der Waals surface area (Å²) in [6.45, 7) is 5.82. The number of aromatic amines is 1. The highest BCUT2D eigenvalue weighted by Gasteiger charge is 2.27. The van der Waals surface area contributed by atoms with E-state index in [4.69, 9.17) is 5.73 Å². The van der Waals surface area contributed by atoms with Gasteiger partial charge < -0.3 is 11.1 Å². The second-order valence-corrected chi connectivity index (χ2v) is 5.47. The predicted molar refractivity (Wildman–Crippen MR) is 72.2 cm³/mol. The normalized spacial score (nSPS) is 13.6. The quantitative estimate of drug-likeness (QED) is 0.756. The number of hydrogen-bond donors (Lipinski definition) is 3. The highest BCUT2D eigenvalue weighted by atomic mass is 16.2. The van der Waals surface area contributed by atoms with Crippen LogP contribution in [0.5, 0.6) is 0 Å². The number of carbonyl (C=O) groups is 1. The fraction of sp³-hybridized carbons (Fsp3) is 0.385. The van der Waals surface area contributed by atoms with Gasteiger partial charge in [-0.3, -0.25) is 9.89 Å². The average molecular weight is 246 g/mol. The molecule has 4 N–H and O–H groups in total. The Kier molecular flexibility index (Phi) is 3.09. The number of anilines is 1. The van der Waals surface area contributed by atoms with E-state index in [9.17, 15) is 4.79 Å². The van der Waals surface area contributed by atoms with Gasteiger partial charge in [0.2, 0.25) is 5.91 Å². The third-order valence-corrected chi connectivity index (χ3v) is 2.96. The molecule has 0 radical (unpaired) electrons. The number of carbonyl (C=O) groups excluding carboxylic acids is 1. The molecule has 0 bridgehead atoms. The van der Waals surface area contributed by atoms with Crippen LogP contribution in [0.4, 0.5) is 5.69 Å². The summed E-state index contributed by atoms with van der Waals surface area (Å²) in [5, 5.41) is 10.6. The number of hydrogen-bond acceptors (Lipinski definition) is 3. The van der Waals surface area contributed by atoms with Crippen molar-refractivity contribution in [1.82, 2.24) is 10.2 Å². The summed E-state index contributed by atoms with van der Waals surface area (Å²) >= 11 is 0. The van der Waals surface area contributed by atoms with Crippen LogP contribution in [0.1, 0.15) is 20.8 Å². The average Bonchev–Trinajstić information content (AvgIpc) is 2.75. The Labute approximate surface area is 106 Å². The molecule has 1 unspecified atom stereocenters. The smallest absolute Gasteiger partial charge is 0.241 e. The number of amides is 1. The Morgan fingerprint density at radius 3 is 2.83 bits per heavy atom. The number of benzene rings is 1. The number of nitrogens with zero attached hydrogens (tertiary/aromatic N) is 1. The van der Waals surface area contributed by atoms with Crippen molar-refractivity contribution in [3.05, 3.63) is 24.4 Å². The van der Waals surface area contributed by atoms with Crippen molar-refractivity contribution in [2.24, 2.45) is 11.1 Å².